The molecule has 3 rings (SSSR count). The molecule has 0 atom stereocenters. The maximum Gasteiger partial charge on any atom is 0.190 e. The molecule has 0 heterocycles. The Morgan fingerprint density at radius 2 is 1.38 bits per heavy atom. The van der Waals surface area contributed by atoms with Crippen LogP contribution in [-0.2, 0) is 0 Å². The van der Waals surface area contributed by atoms with Gasteiger partial charge in [-0.05, 0) is 23.9 Å². The van der Waals surface area contributed by atoms with Gasteiger partial charge in [0.1, 0.15) is 12.4 Å². The molecular weight excluding hydrogens is 298 g/mol. The third kappa shape index (κ3) is 3.26. The van der Waals surface area contributed by atoms with Gasteiger partial charge in [-0.3, -0.25) is 4.79 Å². The minimum Gasteiger partial charge on any atom is -0.491 e. The fourth-order valence-electron chi connectivity index (χ4n) is 3.08. The van der Waals surface area contributed by atoms with Crippen LogP contribution >= 0.6 is 0 Å². The SMILES string of the molecule is CCN(CC)CCOc1cc(=O)c2ccccc2c2ccccc12. The summed E-state index contributed by atoms with van der Waals surface area (Å²) in [5.74, 6) is 0.666. The number of rotatable bonds is 6. The lowest BCUT2D eigenvalue weighted by Gasteiger charge is -2.18. The fourth-order valence-corrected chi connectivity index (χ4v) is 3.08. The van der Waals surface area contributed by atoms with E-state index < -0.39 is 0 Å². The molecule has 0 aliphatic rings. The van der Waals surface area contributed by atoms with E-state index in [1.165, 1.54) is 0 Å². The highest BCUT2D eigenvalue weighted by Crippen LogP contribution is 2.28. The second-order valence-electron chi connectivity index (χ2n) is 5.84. The number of hydrogen-bond acceptors (Lipinski definition) is 3. The first-order chi connectivity index (χ1) is 11.7. The molecule has 0 amide bonds. The molecule has 24 heavy (non-hydrogen) atoms. The van der Waals surface area contributed by atoms with Crippen molar-refractivity contribution in [2.45, 2.75) is 13.8 Å². The lowest BCUT2D eigenvalue weighted by atomic mass is 10.1. The zero-order valence-corrected chi connectivity index (χ0v) is 14.3. The zero-order chi connectivity index (χ0) is 16.9. The van der Waals surface area contributed by atoms with E-state index in [0.29, 0.717) is 12.4 Å². The molecule has 0 spiro atoms. The highest BCUT2D eigenvalue weighted by Gasteiger charge is 2.08. The molecular formula is C21H23NO2. The van der Waals surface area contributed by atoms with Gasteiger partial charge in [-0.25, -0.2) is 0 Å². The highest BCUT2D eigenvalue weighted by atomic mass is 16.5. The molecule has 0 aliphatic carbocycles. The van der Waals surface area contributed by atoms with E-state index in [0.717, 1.165) is 41.2 Å². The Balaban J connectivity index is 2.08. The van der Waals surface area contributed by atoms with Gasteiger partial charge in [0, 0.05) is 23.4 Å². The lowest BCUT2D eigenvalue weighted by Crippen LogP contribution is -2.27. The Morgan fingerprint density at radius 1 is 0.833 bits per heavy atom. The maximum atomic E-state index is 12.6. The van der Waals surface area contributed by atoms with Gasteiger partial charge in [0.2, 0.25) is 0 Å². The number of benzene rings is 2. The molecule has 3 aromatic rings. The summed E-state index contributed by atoms with van der Waals surface area (Å²) in [6, 6.07) is 17.4. The Labute approximate surface area is 142 Å². The molecule has 3 aromatic carbocycles. The maximum absolute atomic E-state index is 12.6. The summed E-state index contributed by atoms with van der Waals surface area (Å²) < 4.78 is 6.02. The first kappa shape index (κ1) is 16.5. The average Bonchev–Trinajstić information content (AvgIpc) is 2.75. The summed E-state index contributed by atoms with van der Waals surface area (Å²) in [6.07, 6.45) is 0. The minimum absolute atomic E-state index is 0.000334. The summed E-state index contributed by atoms with van der Waals surface area (Å²) in [5.41, 5.74) is -0.000334. The number of nitrogens with zero attached hydrogens (tertiary/aromatic N) is 1. The second kappa shape index (κ2) is 7.45. The van der Waals surface area contributed by atoms with E-state index in [-0.39, 0.29) is 5.43 Å². The monoisotopic (exact) mass is 321 g/mol. The Kier molecular flexibility index (Phi) is 5.11. The molecule has 0 aliphatic heterocycles. The predicted molar refractivity (Wildman–Crippen MR) is 101 cm³/mol. The van der Waals surface area contributed by atoms with E-state index >= 15 is 0 Å². The van der Waals surface area contributed by atoms with E-state index in [2.05, 4.69) is 18.7 Å². The molecule has 3 nitrogen and oxygen atoms in total. The molecule has 0 aromatic heterocycles. The van der Waals surface area contributed by atoms with Crippen LogP contribution in [-0.4, -0.2) is 31.1 Å². The summed E-state index contributed by atoms with van der Waals surface area (Å²) in [7, 11) is 0. The number of fused-ring (bicyclic) bond motifs is 3. The van der Waals surface area contributed by atoms with Crippen molar-refractivity contribution in [2.75, 3.05) is 26.2 Å². The smallest absolute Gasteiger partial charge is 0.190 e. The third-order valence-corrected chi connectivity index (χ3v) is 4.50. The first-order valence-corrected chi connectivity index (χ1v) is 8.54. The van der Waals surface area contributed by atoms with Gasteiger partial charge in [0.05, 0.1) is 0 Å². The van der Waals surface area contributed by atoms with Gasteiger partial charge in [0.15, 0.2) is 5.43 Å². The fraction of sp³-hybridized carbons (Fsp3) is 0.286. The number of ether oxygens (including phenoxy) is 1. The third-order valence-electron chi connectivity index (χ3n) is 4.50. The topological polar surface area (TPSA) is 29.5 Å². The van der Waals surface area contributed by atoms with Crippen LogP contribution in [0.2, 0.25) is 0 Å². The summed E-state index contributed by atoms with van der Waals surface area (Å²) in [6.45, 7) is 7.71. The van der Waals surface area contributed by atoms with E-state index in [4.69, 9.17) is 4.74 Å². The molecule has 3 heteroatoms. The Hall–Kier alpha value is -2.39. The number of hydrogen-bond donors (Lipinski definition) is 0. The largest absolute Gasteiger partial charge is 0.491 e. The van der Waals surface area contributed by atoms with Crippen LogP contribution in [0.4, 0.5) is 0 Å². The number of likely N-dealkylation sites (N-methyl/N-ethyl adjacent to an activating group) is 1. The Morgan fingerprint density at radius 3 is 2.00 bits per heavy atom. The van der Waals surface area contributed by atoms with E-state index in [9.17, 15) is 4.79 Å². The van der Waals surface area contributed by atoms with Crippen LogP contribution < -0.4 is 10.2 Å². The van der Waals surface area contributed by atoms with Crippen LogP contribution in [0.5, 0.6) is 5.75 Å². The molecule has 0 fully saturated rings. The van der Waals surface area contributed by atoms with Crippen molar-refractivity contribution in [3.63, 3.8) is 0 Å². The normalized spacial score (nSPS) is 11.3. The van der Waals surface area contributed by atoms with Crippen LogP contribution in [0.1, 0.15) is 13.8 Å². The van der Waals surface area contributed by atoms with Crippen molar-refractivity contribution < 1.29 is 4.74 Å². The van der Waals surface area contributed by atoms with Gasteiger partial charge in [-0.15, -0.1) is 0 Å². The summed E-state index contributed by atoms with van der Waals surface area (Å²) in [5, 5.41) is 3.73. The van der Waals surface area contributed by atoms with Crippen LogP contribution in [0, 0.1) is 0 Å². The van der Waals surface area contributed by atoms with Crippen molar-refractivity contribution in [1.82, 2.24) is 4.90 Å². The van der Waals surface area contributed by atoms with Gasteiger partial charge in [0.25, 0.3) is 0 Å². The summed E-state index contributed by atoms with van der Waals surface area (Å²) >= 11 is 0. The Bertz CT molecular complexity index is 901. The standard InChI is InChI=1S/C21H23NO2/c1-3-22(4-2)13-14-24-21-15-20(23)18-11-7-5-9-16(18)17-10-6-8-12-19(17)21/h5-12,15H,3-4,13-14H2,1-2H3. The lowest BCUT2D eigenvalue weighted by molar-refractivity contribution is 0.224. The van der Waals surface area contributed by atoms with E-state index in [1.807, 2.05) is 48.5 Å². The van der Waals surface area contributed by atoms with E-state index in [1.54, 1.807) is 6.07 Å². The average molecular weight is 321 g/mol. The second-order valence-corrected chi connectivity index (χ2v) is 5.84. The highest BCUT2D eigenvalue weighted by molar-refractivity contribution is 6.07. The van der Waals surface area contributed by atoms with Crippen molar-refractivity contribution in [2.24, 2.45) is 0 Å². The van der Waals surface area contributed by atoms with Crippen LogP contribution in [0.3, 0.4) is 0 Å². The van der Waals surface area contributed by atoms with Gasteiger partial charge < -0.3 is 9.64 Å². The van der Waals surface area contributed by atoms with Crippen molar-refractivity contribution in [3.8, 4) is 5.75 Å². The van der Waals surface area contributed by atoms with Crippen molar-refractivity contribution >= 4 is 21.5 Å². The van der Waals surface area contributed by atoms with Crippen LogP contribution in [0.15, 0.2) is 59.4 Å². The molecule has 0 unspecified atom stereocenters. The molecule has 0 saturated carbocycles. The quantitative estimate of drug-likeness (QED) is 0.685. The van der Waals surface area contributed by atoms with Gasteiger partial charge >= 0.3 is 0 Å². The van der Waals surface area contributed by atoms with Crippen LogP contribution in [0.25, 0.3) is 21.5 Å². The minimum atomic E-state index is -0.000334. The first-order valence-electron chi connectivity index (χ1n) is 8.54. The van der Waals surface area contributed by atoms with Gasteiger partial charge in [-0.1, -0.05) is 62.4 Å². The zero-order valence-electron chi connectivity index (χ0n) is 14.3. The molecule has 0 bridgehead atoms. The molecule has 0 N–H and O–H groups in total. The van der Waals surface area contributed by atoms with Crippen molar-refractivity contribution in [3.05, 3.63) is 64.8 Å². The predicted octanol–water partition coefficient (Wildman–Crippen LogP) is 4.07. The molecule has 0 saturated heterocycles. The van der Waals surface area contributed by atoms with Gasteiger partial charge in [-0.2, -0.15) is 0 Å². The molecule has 0 radical (unpaired) electrons. The molecule has 124 valence electrons. The summed E-state index contributed by atoms with van der Waals surface area (Å²) in [4.78, 5) is 14.9. The van der Waals surface area contributed by atoms with Crippen molar-refractivity contribution in [1.29, 1.82) is 0 Å².